The van der Waals surface area contributed by atoms with Gasteiger partial charge in [-0.15, -0.1) is 0 Å². The quantitative estimate of drug-likeness (QED) is 0.793. The van der Waals surface area contributed by atoms with Gasteiger partial charge in [0.1, 0.15) is 12.2 Å². The Morgan fingerprint density at radius 1 is 1.32 bits per heavy atom. The Balaban J connectivity index is 1.83. The molecular weight excluding hydrogens is 276 g/mol. The molecule has 0 radical (unpaired) electrons. The van der Waals surface area contributed by atoms with E-state index in [2.05, 4.69) is 5.32 Å². The molecule has 3 nitrogen and oxygen atoms in total. The number of nitrogens with one attached hydrogen (secondary N) is 1. The van der Waals surface area contributed by atoms with Crippen molar-refractivity contribution in [1.82, 2.24) is 5.32 Å². The number of alkyl halides is 2. The lowest BCUT2D eigenvalue weighted by molar-refractivity contribution is 0.0187. The first-order valence-corrected chi connectivity index (χ1v) is 6.29. The van der Waals surface area contributed by atoms with E-state index in [1.54, 1.807) is 0 Å². The third-order valence-electron chi connectivity index (χ3n) is 2.62. The van der Waals surface area contributed by atoms with Crippen LogP contribution in [0.25, 0.3) is 11.0 Å². The zero-order valence-corrected chi connectivity index (χ0v) is 10.9. The van der Waals surface area contributed by atoms with Crippen LogP contribution in [0.2, 0.25) is 5.22 Å². The number of hydrogen-bond acceptors (Lipinski definition) is 3. The second-order valence-electron chi connectivity index (χ2n) is 3.99. The fourth-order valence-electron chi connectivity index (χ4n) is 1.76. The molecular formula is C13H14ClF2NO2. The molecule has 0 amide bonds. The van der Waals surface area contributed by atoms with Gasteiger partial charge < -0.3 is 14.5 Å². The molecule has 0 saturated heterocycles. The largest absolute Gasteiger partial charge is 0.444 e. The number of halogens is 3. The van der Waals surface area contributed by atoms with E-state index in [-0.39, 0.29) is 6.61 Å². The molecule has 0 aliphatic rings. The Morgan fingerprint density at radius 2 is 2.11 bits per heavy atom. The third-order valence-corrected chi connectivity index (χ3v) is 2.92. The van der Waals surface area contributed by atoms with Gasteiger partial charge in [-0.25, -0.2) is 8.78 Å². The van der Waals surface area contributed by atoms with E-state index < -0.39 is 13.0 Å². The van der Waals surface area contributed by atoms with Crippen LogP contribution in [0.15, 0.2) is 28.7 Å². The van der Waals surface area contributed by atoms with Crippen molar-refractivity contribution in [2.24, 2.45) is 0 Å². The van der Waals surface area contributed by atoms with Crippen LogP contribution < -0.4 is 5.32 Å². The second-order valence-corrected chi connectivity index (χ2v) is 4.34. The average molecular weight is 290 g/mol. The topological polar surface area (TPSA) is 34.4 Å². The highest BCUT2D eigenvalue weighted by Crippen LogP contribution is 2.29. The van der Waals surface area contributed by atoms with E-state index in [1.807, 2.05) is 24.3 Å². The third kappa shape index (κ3) is 3.89. The van der Waals surface area contributed by atoms with Gasteiger partial charge in [0.15, 0.2) is 5.22 Å². The fourth-order valence-corrected chi connectivity index (χ4v) is 2.02. The number of fused-ring (bicyclic) bond motifs is 1. The molecule has 1 aromatic carbocycles. The SMILES string of the molecule is FC(F)COCCNCc1c(Cl)oc2ccccc12. The first-order valence-electron chi connectivity index (χ1n) is 5.91. The van der Waals surface area contributed by atoms with E-state index in [0.717, 1.165) is 16.5 Å². The predicted molar refractivity (Wildman–Crippen MR) is 69.8 cm³/mol. The lowest BCUT2D eigenvalue weighted by Gasteiger charge is -2.05. The van der Waals surface area contributed by atoms with Gasteiger partial charge in [0.05, 0.1) is 6.61 Å². The molecule has 19 heavy (non-hydrogen) atoms. The molecule has 0 saturated carbocycles. The summed E-state index contributed by atoms with van der Waals surface area (Å²) in [6.45, 7) is 0.686. The van der Waals surface area contributed by atoms with Crippen LogP contribution in [0, 0.1) is 0 Å². The highest BCUT2D eigenvalue weighted by Gasteiger charge is 2.11. The van der Waals surface area contributed by atoms with Crippen LogP contribution in [-0.4, -0.2) is 26.2 Å². The summed E-state index contributed by atoms with van der Waals surface area (Å²) in [5.41, 5.74) is 1.60. The zero-order chi connectivity index (χ0) is 13.7. The van der Waals surface area contributed by atoms with Gasteiger partial charge in [-0.05, 0) is 17.7 Å². The van der Waals surface area contributed by atoms with Crippen LogP contribution in [0.1, 0.15) is 5.56 Å². The Morgan fingerprint density at radius 3 is 2.89 bits per heavy atom. The van der Waals surface area contributed by atoms with Crippen molar-refractivity contribution < 1.29 is 17.9 Å². The maximum atomic E-state index is 11.8. The van der Waals surface area contributed by atoms with Gasteiger partial charge in [-0.1, -0.05) is 18.2 Å². The van der Waals surface area contributed by atoms with Crippen molar-refractivity contribution in [2.45, 2.75) is 13.0 Å². The molecule has 0 aliphatic carbocycles. The normalized spacial score (nSPS) is 11.6. The molecule has 6 heteroatoms. The fraction of sp³-hybridized carbons (Fsp3) is 0.385. The maximum absolute atomic E-state index is 11.8. The van der Waals surface area contributed by atoms with Gasteiger partial charge in [0, 0.05) is 24.0 Å². The smallest absolute Gasteiger partial charge is 0.261 e. The van der Waals surface area contributed by atoms with Crippen LogP contribution in [-0.2, 0) is 11.3 Å². The van der Waals surface area contributed by atoms with Crippen molar-refractivity contribution in [3.63, 3.8) is 0 Å². The zero-order valence-electron chi connectivity index (χ0n) is 10.2. The van der Waals surface area contributed by atoms with E-state index >= 15 is 0 Å². The molecule has 2 rings (SSSR count). The summed E-state index contributed by atoms with van der Waals surface area (Å²) in [7, 11) is 0. The summed E-state index contributed by atoms with van der Waals surface area (Å²) in [5, 5.41) is 4.38. The van der Waals surface area contributed by atoms with E-state index in [9.17, 15) is 8.78 Å². The van der Waals surface area contributed by atoms with Crippen LogP contribution in [0.5, 0.6) is 0 Å². The molecule has 1 heterocycles. The van der Waals surface area contributed by atoms with Gasteiger partial charge in [-0.2, -0.15) is 0 Å². The molecule has 0 spiro atoms. The average Bonchev–Trinajstić information content (AvgIpc) is 2.69. The molecule has 1 aromatic heterocycles. The summed E-state index contributed by atoms with van der Waals surface area (Å²) < 4.78 is 33.8. The Hall–Kier alpha value is -1.17. The molecule has 104 valence electrons. The number of rotatable bonds is 7. The van der Waals surface area contributed by atoms with Gasteiger partial charge >= 0.3 is 0 Å². The molecule has 0 atom stereocenters. The highest BCUT2D eigenvalue weighted by atomic mass is 35.5. The van der Waals surface area contributed by atoms with E-state index in [0.29, 0.717) is 18.3 Å². The first-order chi connectivity index (χ1) is 9.18. The number of furan rings is 1. The summed E-state index contributed by atoms with van der Waals surface area (Å²) in [4.78, 5) is 0. The lowest BCUT2D eigenvalue weighted by Crippen LogP contribution is -2.20. The van der Waals surface area contributed by atoms with Gasteiger partial charge in [0.2, 0.25) is 0 Å². The van der Waals surface area contributed by atoms with E-state index in [4.69, 9.17) is 20.8 Å². The monoisotopic (exact) mass is 289 g/mol. The Bertz CT molecular complexity index is 530. The van der Waals surface area contributed by atoms with Crippen LogP contribution >= 0.6 is 11.6 Å². The van der Waals surface area contributed by atoms with Gasteiger partial charge in [-0.3, -0.25) is 0 Å². The second kappa shape index (κ2) is 6.84. The first kappa shape index (κ1) is 14.2. The summed E-state index contributed by atoms with van der Waals surface area (Å²) in [5.74, 6) is 0. The number of ether oxygens (including phenoxy) is 1. The summed E-state index contributed by atoms with van der Waals surface area (Å²) in [6, 6.07) is 7.55. The molecule has 0 fully saturated rings. The van der Waals surface area contributed by atoms with Gasteiger partial charge in [0.25, 0.3) is 6.43 Å². The minimum atomic E-state index is -2.42. The minimum absolute atomic E-state index is 0.234. The van der Waals surface area contributed by atoms with Crippen molar-refractivity contribution in [1.29, 1.82) is 0 Å². The number of benzene rings is 1. The Kier molecular flexibility index (Phi) is 5.13. The lowest BCUT2D eigenvalue weighted by atomic mass is 10.2. The van der Waals surface area contributed by atoms with Crippen molar-refractivity contribution >= 4 is 22.6 Å². The van der Waals surface area contributed by atoms with E-state index in [1.165, 1.54) is 0 Å². The minimum Gasteiger partial charge on any atom is -0.444 e. The molecule has 2 aromatic rings. The molecule has 1 N–H and O–H groups in total. The maximum Gasteiger partial charge on any atom is 0.261 e. The number of hydrogen-bond donors (Lipinski definition) is 1. The van der Waals surface area contributed by atoms with Crippen LogP contribution in [0.4, 0.5) is 8.78 Å². The highest BCUT2D eigenvalue weighted by molar-refractivity contribution is 6.30. The molecule has 0 bridgehead atoms. The number of para-hydroxylation sites is 1. The molecule has 0 aliphatic heterocycles. The summed E-state index contributed by atoms with van der Waals surface area (Å²) >= 11 is 6.01. The molecule has 0 unspecified atom stereocenters. The van der Waals surface area contributed by atoms with Crippen molar-refractivity contribution in [2.75, 3.05) is 19.8 Å². The predicted octanol–water partition coefficient (Wildman–Crippen LogP) is 3.46. The van der Waals surface area contributed by atoms with Crippen molar-refractivity contribution in [3.05, 3.63) is 35.0 Å². The van der Waals surface area contributed by atoms with Crippen molar-refractivity contribution in [3.8, 4) is 0 Å². The standard InChI is InChI=1S/C13H14ClF2NO2/c14-13-10(7-17-5-6-18-8-12(15)16)9-3-1-2-4-11(9)19-13/h1-4,12,17H,5-8H2. The Labute approximate surface area is 114 Å². The van der Waals surface area contributed by atoms with Crippen LogP contribution in [0.3, 0.4) is 0 Å². The summed E-state index contributed by atoms with van der Waals surface area (Å²) in [6.07, 6.45) is -2.42.